The van der Waals surface area contributed by atoms with E-state index < -0.39 is 5.60 Å². The van der Waals surface area contributed by atoms with Gasteiger partial charge in [-0.05, 0) is 59.0 Å². The van der Waals surface area contributed by atoms with Crippen molar-refractivity contribution >= 4 is 5.91 Å². The number of nitrogens with one attached hydrogen (secondary N) is 2. The molecule has 6 nitrogen and oxygen atoms in total. The molecule has 1 fully saturated rings. The lowest BCUT2D eigenvalue weighted by molar-refractivity contribution is -0.140. The first-order valence-corrected chi connectivity index (χ1v) is 9.66. The third-order valence-electron chi connectivity index (χ3n) is 5.09. The van der Waals surface area contributed by atoms with Gasteiger partial charge in [0.05, 0.1) is 12.2 Å². The molecule has 6 heteroatoms. The molecule has 2 N–H and O–H groups in total. The molecule has 2 heterocycles. The highest BCUT2D eigenvalue weighted by molar-refractivity contribution is 5.86. The zero-order chi connectivity index (χ0) is 19.4. The number of rotatable bonds is 6. The van der Waals surface area contributed by atoms with Gasteiger partial charge in [-0.2, -0.15) is 5.10 Å². The van der Waals surface area contributed by atoms with E-state index in [2.05, 4.69) is 15.7 Å². The second-order valence-corrected chi connectivity index (χ2v) is 7.64. The summed E-state index contributed by atoms with van der Waals surface area (Å²) in [6.45, 7) is 10.2. The number of hydrogen-bond acceptors (Lipinski definition) is 4. The van der Waals surface area contributed by atoms with Crippen LogP contribution < -0.4 is 15.4 Å². The standard InChI is InChI=1S/C21H30N4O2/c1-15-5-7-19(8-6-15)27-21(9-11-22-12-10-21)20(26)23-17(3)14-25-18(4)13-16(2)24-25/h5-8,13,17,22H,9-12,14H2,1-4H3,(H,23,26)/t17-/m0/s1. The van der Waals surface area contributed by atoms with Crippen LogP contribution in [0.2, 0.25) is 0 Å². The molecule has 2 aromatic rings. The lowest BCUT2D eigenvalue weighted by Crippen LogP contribution is -2.58. The Morgan fingerprint density at radius 3 is 2.52 bits per heavy atom. The quantitative estimate of drug-likeness (QED) is 0.820. The molecular formula is C21H30N4O2. The Balaban J connectivity index is 1.70. The van der Waals surface area contributed by atoms with Gasteiger partial charge in [-0.25, -0.2) is 0 Å². The number of ether oxygens (including phenoxy) is 1. The van der Waals surface area contributed by atoms with Crippen molar-refractivity contribution in [3.8, 4) is 5.75 Å². The van der Waals surface area contributed by atoms with Crippen molar-refractivity contribution in [1.82, 2.24) is 20.4 Å². The number of benzene rings is 1. The first-order chi connectivity index (χ1) is 12.9. The number of nitrogens with zero attached hydrogens (tertiary/aromatic N) is 2. The number of amides is 1. The number of aromatic nitrogens is 2. The smallest absolute Gasteiger partial charge is 0.264 e. The van der Waals surface area contributed by atoms with Gasteiger partial charge in [0.25, 0.3) is 5.91 Å². The fourth-order valence-corrected chi connectivity index (χ4v) is 3.56. The minimum Gasteiger partial charge on any atom is -0.477 e. The molecule has 1 aliphatic rings. The first kappa shape index (κ1) is 19.4. The Labute approximate surface area is 161 Å². The van der Waals surface area contributed by atoms with E-state index in [1.807, 2.05) is 62.7 Å². The summed E-state index contributed by atoms with van der Waals surface area (Å²) >= 11 is 0. The monoisotopic (exact) mass is 370 g/mol. The number of piperidine rings is 1. The van der Waals surface area contributed by atoms with Gasteiger partial charge in [-0.3, -0.25) is 9.48 Å². The Hall–Kier alpha value is -2.34. The van der Waals surface area contributed by atoms with E-state index in [1.54, 1.807) is 0 Å². The molecule has 1 amide bonds. The van der Waals surface area contributed by atoms with Gasteiger partial charge in [0.2, 0.25) is 0 Å². The molecule has 0 radical (unpaired) electrons. The average molecular weight is 370 g/mol. The van der Waals surface area contributed by atoms with Crippen LogP contribution >= 0.6 is 0 Å². The summed E-state index contributed by atoms with van der Waals surface area (Å²) in [6.07, 6.45) is 1.30. The fourth-order valence-electron chi connectivity index (χ4n) is 3.56. The van der Waals surface area contributed by atoms with Gasteiger partial charge in [0, 0.05) is 24.6 Å². The minimum absolute atomic E-state index is 0.0381. The van der Waals surface area contributed by atoms with Crippen LogP contribution in [0.4, 0.5) is 0 Å². The van der Waals surface area contributed by atoms with Crippen LogP contribution in [-0.2, 0) is 11.3 Å². The largest absolute Gasteiger partial charge is 0.477 e. The van der Waals surface area contributed by atoms with Crippen molar-refractivity contribution < 1.29 is 9.53 Å². The van der Waals surface area contributed by atoms with Crippen LogP contribution in [0, 0.1) is 20.8 Å². The highest BCUT2D eigenvalue weighted by atomic mass is 16.5. The molecule has 0 unspecified atom stereocenters. The van der Waals surface area contributed by atoms with Gasteiger partial charge < -0.3 is 15.4 Å². The van der Waals surface area contributed by atoms with Crippen LogP contribution in [0.15, 0.2) is 30.3 Å². The number of aryl methyl sites for hydroxylation is 3. The van der Waals surface area contributed by atoms with Crippen molar-refractivity contribution in [3.05, 3.63) is 47.3 Å². The first-order valence-electron chi connectivity index (χ1n) is 9.66. The molecular weight excluding hydrogens is 340 g/mol. The van der Waals surface area contributed by atoms with Crippen LogP contribution in [0.1, 0.15) is 36.7 Å². The zero-order valence-corrected chi connectivity index (χ0v) is 16.7. The van der Waals surface area contributed by atoms with Crippen LogP contribution in [0.5, 0.6) is 5.75 Å². The molecule has 3 rings (SSSR count). The highest BCUT2D eigenvalue weighted by Crippen LogP contribution is 2.27. The molecule has 0 saturated carbocycles. The Morgan fingerprint density at radius 2 is 1.93 bits per heavy atom. The predicted molar refractivity (Wildman–Crippen MR) is 106 cm³/mol. The normalized spacial score (nSPS) is 17.3. The van der Waals surface area contributed by atoms with Crippen molar-refractivity contribution in [2.45, 2.75) is 58.7 Å². The van der Waals surface area contributed by atoms with Gasteiger partial charge >= 0.3 is 0 Å². The number of carbonyl (C=O) groups is 1. The molecule has 1 aromatic carbocycles. The number of hydrogen-bond donors (Lipinski definition) is 2. The topological polar surface area (TPSA) is 68.2 Å². The third kappa shape index (κ3) is 4.69. The molecule has 1 aromatic heterocycles. The summed E-state index contributed by atoms with van der Waals surface area (Å²) in [5, 5.41) is 11.0. The van der Waals surface area contributed by atoms with Crippen LogP contribution in [-0.4, -0.2) is 40.4 Å². The highest BCUT2D eigenvalue weighted by Gasteiger charge is 2.42. The summed E-state index contributed by atoms with van der Waals surface area (Å²) in [5.41, 5.74) is 2.43. The molecule has 0 aliphatic carbocycles. The molecule has 27 heavy (non-hydrogen) atoms. The van der Waals surface area contributed by atoms with Crippen molar-refractivity contribution in [2.75, 3.05) is 13.1 Å². The summed E-state index contributed by atoms with van der Waals surface area (Å²) in [4.78, 5) is 13.2. The SMILES string of the molecule is Cc1ccc(OC2(C(=O)N[C@@H](C)Cn3nc(C)cc3C)CCNCC2)cc1. The Morgan fingerprint density at radius 1 is 1.26 bits per heavy atom. The second-order valence-electron chi connectivity index (χ2n) is 7.64. The maximum atomic E-state index is 13.2. The molecule has 1 saturated heterocycles. The average Bonchev–Trinajstić information content (AvgIpc) is 2.94. The van der Waals surface area contributed by atoms with Crippen molar-refractivity contribution in [2.24, 2.45) is 0 Å². The lowest BCUT2D eigenvalue weighted by atomic mass is 9.90. The summed E-state index contributed by atoms with van der Waals surface area (Å²) in [5.74, 6) is 0.697. The Kier molecular flexibility index (Phi) is 5.85. The number of carbonyl (C=O) groups excluding carboxylic acids is 1. The van der Waals surface area contributed by atoms with Gasteiger partial charge in [-0.15, -0.1) is 0 Å². The van der Waals surface area contributed by atoms with Crippen LogP contribution in [0.3, 0.4) is 0 Å². The zero-order valence-electron chi connectivity index (χ0n) is 16.7. The van der Waals surface area contributed by atoms with E-state index in [4.69, 9.17) is 4.74 Å². The molecule has 146 valence electrons. The third-order valence-corrected chi connectivity index (χ3v) is 5.09. The molecule has 0 bridgehead atoms. The predicted octanol–water partition coefficient (Wildman–Crippen LogP) is 2.51. The fraction of sp³-hybridized carbons (Fsp3) is 0.524. The van der Waals surface area contributed by atoms with E-state index in [9.17, 15) is 4.79 Å². The maximum absolute atomic E-state index is 13.2. The van der Waals surface area contributed by atoms with Gasteiger partial charge in [-0.1, -0.05) is 17.7 Å². The second kappa shape index (κ2) is 8.13. The van der Waals surface area contributed by atoms with Gasteiger partial charge in [0.1, 0.15) is 5.75 Å². The van der Waals surface area contributed by atoms with E-state index in [-0.39, 0.29) is 11.9 Å². The van der Waals surface area contributed by atoms with E-state index in [0.717, 1.165) is 30.2 Å². The van der Waals surface area contributed by atoms with Gasteiger partial charge in [0.15, 0.2) is 5.60 Å². The molecule has 1 atom stereocenters. The summed E-state index contributed by atoms with van der Waals surface area (Å²) in [6, 6.07) is 9.89. The Bertz CT molecular complexity index is 776. The summed E-state index contributed by atoms with van der Waals surface area (Å²) in [7, 11) is 0. The minimum atomic E-state index is -0.830. The van der Waals surface area contributed by atoms with Crippen LogP contribution in [0.25, 0.3) is 0 Å². The molecule has 1 aliphatic heterocycles. The summed E-state index contributed by atoms with van der Waals surface area (Å²) < 4.78 is 8.20. The van der Waals surface area contributed by atoms with E-state index >= 15 is 0 Å². The van der Waals surface area contributed by atoms with E-state index in [1.165, 1.54) is 5.56 Å². The lowest BCUT2D eigenvalue weighted by Gasteiger charge is -2.37. The maximum Gasteiger partial charge on any atom is 0.264 e. The van der Waals surface area contributed by atoms with Crippen molar-refractivity contribution in [3.63, 3.8) is 0 Å². The van der Waals surface area contributed by atoms with Crippen molar-refractivity contribution in [1.29, 1.82) is 0 Å². The molecule has 0 spiro atoms. The van der Waals surface area contributed by atoms with E-state index in [0.29, 0.717) is 19.4 Å².